The number of halogens is 1. The van der Waals surface area contributed by atoms with Crippen molar-refractivity contribution in [3.8, 4) is 5.75 Å². The molecule has 0 aliphatic rings. The van der Waals surface area contributed by atoms with Gasteiger partial charge in [0.2, 0.25) is 5.91 Å². The second-order valence-corrected chi connectivity index (χ2v) is 9.49. The van der Waals surface area contributed by atoms with Crippen molar-refractivity contribution in [3.05, 3.63) is 51.1 Å². The molecule has 33 heavy (non-hydrogen) atoms. The lowest BCUT2D eigenvalue weighted by Gasteiger charge is -2.10. The molecule has 11 heteroatoms. The van der Waals surface area contributed by atoms with Crippen LogP contribution in [0.4, 0.5) is 5.00 Å². The number of methoxy groups -OCH3 is 1. The molecule has 0 atom stereocenters. The third kappa shape index (κ3) is 6.27. The summed E-state index contributed by atoms with van der Waals surface area (Å²) < 4.78 is 12.5. The minimum Gasteiger partial charge on any atom is -0.484 e. The van der Waals surface area contributed by atoms with Gasteiger partial charge in [-0.3, -0.25) is 4.79 Å². The zero-order valence-electron chi connectivity index (χ0n) is 18.8. The Morgan fingerprint density at radius 3 is 2.73 bits per heavy atom. The second-order valence-electron chi connectivity index (χ2n) is 7.00. The number of thiophene rings is 1. The molecule has 176 valence electrons. The Morgan fingerprint density at radius 1 is 1.24 bits per heavy atom. The smallest absolute Gasteiger partial charge is 0.340 e. The van der Waals surface area contributed by atoms with Gasteiger partial charge in [-0.05, 0) is 44.0 Å². The van der Waals surface area contributed by atoms with Crippen molar-refractivity contribution >= 4 is 51.6 Å². The van der Waals surface area contributed by atoms with Crippen molar-refractivity contribution in [3.63, 3.8) is 0 Å². The summed E-state index contributed by atoms with van der Waals surface area (Å²) in [5.41, 5.74) is 1.41. The van der Waals surface area contributed by atoms with E-state index in [0.717, 1.165) is 16.9 Å². The van der Waals surface area contributed by atoms with Gasteiger partial charge in [0.1, 0.15) is 17.4 Å². The summed E-state index contributed by atoms with van der Waals surface area (Å²) in [5, 5.41) is 12.9. The first-order chi connectivity index (χ1) is 15.9. The number of anilines is 1. The predicted octanol–water partition coefficient (Wildman–Crippen LogP) is 4.98. The molecule has 0 spiro atoms. The summed E-state index contributed by atoms with van der Waals surface area (Å²) in [6.07, 6.45) is 0.761. The fraction of sp³-hybridized carbons (Fsp3) is 0.364. The fourth-order valence-corrected chi connectivity index (χ4v) is 4.97. The summed E-state index contributed by atoms with van der Waals surface area (Å²) in [4.78, 5) is 25.5. The number of benzene rings is 1. The first kappa shape index (κ1) is 25.1. The standard InChI is InChI=1S/C22H25ClN4O4S2/c1-5-14-10-15(21(29)30-4)20(33-14)24-19(28)12-32-22-26-25-18(27(22)6-2)11-31-17-9-13(3)7-8-16(17)23/h7-10H,5-6,11-12H2,1-4H3,(H,24,28). The van der Waals surface area contributed by atoms with Gasteiger partial charge >= 0.3 is 5.97 Å². The summed E-state index contributed by atoms with van der Waals surface area (Å²) in [7, 11) is 1.32. The molecule has 0 saturated carbocycles. The lowest BCUT2D eigenvalue weighted by molar-refractivity contribution is -0.113. The number of carbonyl (C=O) groups is 2. The Hall–Kier alpha value is -2.56. The molecule has 8 nitrogen and oxygen atoms in total. The maximum Gasteiger partial charge on any atom is 0.340 e. The molecule has 0 unspecified atom stereocenters. The number of nitrogens with one attached hydrogen (secondary N) is 1. The Balaban J connectivity index is 1.63. The third-order valence-electron chi connectivity index (χ3n) is 4.68. The molecule has 1 N–H and O–H groups in total. The molecule has 0 aliphatic carbocycles. The van der Waals surface area contributed by atoms with Crippen LogP contribution in [0.3, 0.4) is 0 Å². The Morgan fingerprint density at radius 2 is 2.03 bits per heavy atom. The molecule has 3 aromatic rings. The number of aromatic nitrogens is 3. The van der Waals surface area contributed by atoms with Crippen LogP contribution in [0, 0.1) is 6.92 Å². The minimum absolute atomic E-state index is 0.114. The van der Waals surface area contributed by atoms with Gasteiger partial charge < -0.3 is 19.4 Å². The van der Waals surface area contributed by atoms with E-state index in [1.54, 1.807) is 12.1 Å². The monoisotopic (exact) mass is 508 g/mol. The van der Waals surface area contributed by atoms with Crippen molar-refractivity contribution < 1.29 is 19.1 Å². The molecule has 1 aromatic carbocycles. The van der Waals surface area contributed by atoms with E-state index in [1.807, 2.05) is 37.5 Å². The molecule has 0 aliphatic heterocycles. The van der Waals surface area contributed by atoms with E-state index in [-0.39, 0.29) is 18.3 Å². The van der Waals surface area contributed by atoms with Gasteiger partial charge in [0.05, 0.1) is 23.4 Å². The SMILES string of the molecule is CCc1cc(C(=O)OC)c(NC(=O)CSc2nnc(COc3cc(C)ccc3Cl)n2CC)s1. The molecular weight excluding hydrogens is 484 g/mol. The van der Waals surface area contributed by atoms with Crippen LogP contribution in [0.15, 0.2) is 29.4 Å². The maximum absolute atomic E-state index is 12.6. The van der Waals surface area contributed by atoms with Crippen LogP contribution in [0.25, 0.3) is 0 Å². The maximum atomic E-state index is 12.6. The van der Waals surface area contributed by atoms with Crippen LogP contribution in [0.2, 0.25) is 5.02 Å². The van der Waals surface area contributed by atoms with Crippen LogP contribution in [0.1, 0.15) is 40.5 Å². The number of esters is 1. The van der Waals surface area contributed by atoms with Crippen LogP contribution < -0.4 is 10.1 Å². The van der Waals surface area contributed by atoms with Gasteiger partial charge in [0.25, 0.3) is 0 Å². The largest absolute Gasteiger partial charge is 0.484 e. The minimum atomic E-state index is -0.474. The second kappa shape index (κ2) is 11.5. The van der Waals surface area contributed by atoms with E-state index in [4.69, 9.17) is 21.1 Å². The van der Waals surface area contributed by atoms with E-state index < -0.39 is 5.97 Å². The zero-order valence-corrected chi connectivity index (χ0v) is 21.2. The van der Waals surface area contributed by atoms with Crippen molar-refractivity contribution in [2.45, 2.75) is 45.5 Å². The highest BCUT2D eigenvalue weighted by molar-refractivity contribution is 7.99. The number of carbonyl (C=O) groups excluding carboxylic acids is 2. The molecular formula is C22H25ClN4O4S2. The van der Waals surface area contributed by atoms with E-state index >= 15 is 0 Å². The van der Waals surface area contributed by atoms with E-state index in [0.29, 0.717) is 38.9 Å². The Labute approximate surface area is 205 Å². The normalized spacial score (nSPS) is 10.8. The highest BCUT2D eigenvalue weighted by Crippen LogP contribution is 2.30. The van der Waals surface area contributed by atoms with Gasteiger partial charge in [-0.15, -0.1) is 21.5 Å². The molecule has 0 saturated heterocycles. The Bertz CT molecular complexity index is 1150. The summed E-state index contributed by atoms with van der Waals surface area (Å²) >= 11 is 8.83. The quantitative estimate of drug-likeness (QED) is 0.305. The number of aryl methyl sites for hydroxylation is 2. The van der Waals surface area contributed by atoms with Crippen molar-refractivity contribution in [2.24, 2.45) is 0 Å². The van der Waals surface area contributed by atoms with Gasteiger partial charge in [-0.25, -0.2) is 4.79 Å². The zero-order chi connectivity index (χ0) is 24.0. The van der Waals surface area contributed by atoms with Gasteiger partial charge in [0.15, 0.2) is 11.0 Å². The highest BCUT2D eigenvalue weighted by atomic mass is 35.5. The average Bonchev–Trinajstić information content (AvgIpc) is 3.40. The highest BCUT2D eigenvalue weighted by Gasteiger charge is 2.19. The van der Waals surface area contributed by atoms with Gasteiger partial charge in [-0.2, -0.15) is 0 Å². The fourth-order valence-electron chi connectivity index (χ4n) is 2.98. The first-order valence-electron chi connectivity index (χ1n) is 10.3. The van der Waals surface area contributed by atoms with Crippen molar-refractivity contribution in [1.29, 1.82) is 0 Å². The first-order valence-corrected chi connectivity index (χ1v) is 12.5. The number of thioether (sulfide) groups is 1. The molecule has 0 fully saturated rings. The van der Waals surface area contributed by atoms with E-state index in [2.05, 4.69) is 15.5 Å². The lowest BCUT2D eigenvalue weighted by Crippen LogP contribution is -2.16. The number of hydrogen-bond donors (Lipinski definition) is 1. The van der Waals surface area contributed by atoms with Crippen LogP contribution in [0.5, 0.6) is 5.75 Å². The van der Waals surface area contributed by atoms with Crippen LogP contribution in [-0.2, 0) is 29.1 Å². The molecule has 0 radical (unpaired) electrons. The topological polar surface area (TPSA) is 95.3 Å². The van der Waals surface area contributed by atoms with Gasteiger partial charge in [0, 0.05) is 11.4 Å². The van der Waals surface area contributed by atoms with E-state index in [9.17, 15) is 9.59 Å². The van der Waals surface area contributed by atoms with Gasteiger partial charge in [-0.1, -0.05) is 36.4 Å². The molecule has 0 bridgehead atoms. The lowest BCUT2D eigenvalue weighted by atomic mass is 10.2. The summed E-state index contributed by atoms with van der Waals surface area (Å²) in [6.45, 7) is 6.74. The summed E-state index contributed by atoms with van der Waals surface area (Å²) in [5.74, 6) is 0.613. The molecule has 3 rings (SSSR count). The number of hydrogen-bond acceptors (Lipinski definition) is 8. The predicted molar refractivity (Wildman–Crippen MR) is 131 cm³/mol. The average molecular weight is 509 g/mol. The van der Waals surface area contributed by atoms with Crippen LogP contribution >= 0.6 is 34.7 Å². The third-order valence-corrected chi connectivity index (χ3v) is 7.15. The van der Waals surface area contributed by atoms with Crippen molar-refractivity contribution in [1.82, 2.24) is 14.8 Å². The van der Waals surface area contributed by atoms with Crippen LogP contribution in [-0.4, -0.2) is 39.5 Å². The number of rotatable bonds is 10. The number of ether oxygens (including phenoxy) is 2. The molecule has 2 aromatic heterocycles. The van der Waals surface area contributed by atoms with Crippen molar-refractivity contribution in [2.75, 3.05) is 18.2 Å². The number of amides is 1. The molecule has 1 amide bonds. The summed E-state index contributed by atoms with van der Waals surface area (Å²) in [6, 6.07) is 7.32. The Kier molecular flexibility index (Phi) is 8.76. The number of nitrogens with zero attached hydrogens (tertiary/aromatic N) is 3. The molecule has 2 heterocycles. The van der Waals surface area contributed by atoms with E-state index in [1.165, 1.54) is 30.2 Å².